The minimum atomic E-state index is -1.45. The molecule has 0 aromatic heterocycles. The number of carboxylic acid groups (broad SMARTS) is 2. The molecule has 96 valence electrons. The number of hydrogen-bond donors (Lipinski definition) is 2. The van der Waals surface area contributed by atoms with Crippen molar-refractivity contribution >= 4 is 17.6 Å². The second kappa shape index (κ2) is 4.85. The molecule has 1 aromatic carbocycles. The molecule has 0 fully saturated rings. The number of carboxylic acids is 2. The standard InChI is InChI=1S/C13H9NO5/c15-12(16)7-9(13(17)18)11-6-5-8-3-1-2-4-10(8)14(11)19/h1-4,6-7H,5H2,(H-,15,16,17,18)/p+1. The van der Waals surface area contributed by atoms with E-state index in [0.29, 0.717) is 22.9 Å². The fourth-order valence-electron chi connectivity index (χ4n) is 1.89. The Kier molecular flexibility index (Phi) is 3.24. The average molecular weight is 260 g/mol. The van der Waals surface area contributed by atoms with Gasteiger partial charge in [-0.05, 0) is 6.08 Å². The number of fused-ring (bicyclic) bond motifs is 1. The molecule has 1 aliphatic heterocycles. The van der Waals surface area contributed by atoms with Crippen LogP contribution in [0.3, 0.4) is 0 Å². The smallest absolute Gasteiger partial charge is 0.342 e. The van der Waals surface area contributed by atoms with Crippen LogP contribution >= 0.6 is 0 Å². The van der Waals surface area contributed by atoms with Gasteiger partial charge in [0.15, 0.2) is 0 Å². The van der Waals surface area contributed by atoms with Gasteiger partial charge in [0, 0.05) is 29.0 Å². The number of carbonyl (C=O) groups is 2. The largest absolute Gasteiger partial charge is 0.478 e. The maximum absolute atomic E-state index is 12.1. The predicted octanol–water partition coefficient (Wildman–Crippen LogP) is 1.63. The van der Waals surface area contributed by atoms with Crippen molar-refractivity contribution in [1.29, 1.82) is 0 Å². The van der Waals surface area contributed by atoms with Gasteiger partial charge in [0.1, 0.15) is 5.57 Å². The summed E-state index contributed by atoms with van der Waals surface area (Å²) in [6.45, 7) is 0. The minimum Gasteiger partial charge on any atom is -0.478 e. The quantitative estimate of drug-likeness (QED) is 0.636. The third-order valence-corrected chi connectivity index (χ3v) is 2.72. The van der Waals surface area contributed by atoms with E-state index in [1.807, 2.05) is 0 Å². The molecule has 0 bridgehead atoms. The summed E-state index contributed by atoms with van der Waals surface area (Å²) in [6, 6.07) is 6.76. The first-order valence-corrected chi connectivity index (χ1v) is 5.44. The topological polar surface area (TPSA) is 94.7 Å². The van der Waals surface area contributed by atoms with Crippen LogP contribution in [0.15, 0.2) is 47.7 Å². The van der Waals surface area contributed by atoms with Gasteiger partial charge in [-0.1, -0.05) is 18.2 Å². The summed E-state index contributed by atoms with van der Waals surface area (Å²) in [5, 5.41) is 17.7. The first-order chi connectivity index (χ1) is 9.00. The average Bonchev–Trinajstić information content (AvgIpc) is 2.37. The van der Waals surface area contributed by atoms with E-state index in [-0.39, 0.29) is 5.70 Å². The summed E-state index contributed by atoms with van der Waals surface area (Å²) in [5.74, 6) is -2.86. The molecule has 6 nitrogen and oxygen atoms in total. The van der Waals surface area contributed by atoms with E-state index in [1.165, 1.54) is 6.08 Å². The lowest BCUT2D eigenvalue weighted by molar-refractivity contribution is -0.405. The van der Waals surface area contributed by atoms with Crippen LogP contribution in [0.25, 0.3) is 0 Å². The molecule has 1 aromatic rings. The van der Waals surface area contributed by atoms with Crippen LogP contribution in [0, 0.1) is 4.91 Å². The van der Waals surface area contributed by atoms with Crippen molar-refractivity contribution in [3.63, 3.8) is 0 Å². The molecule has 1 heterocycles. The van der Waals surface area contributed by atoms with Gasteiger partial charge in [0.2, 0.25) is 0 Å². The molecule has 2 N–H and O–H groups in total. The Morgan fingerprint density at radius 2 is 1.89 bits per heavy atom. The molecule has 0 saturated heterocycles. The van der Waals surface area contributed by atoms with Crippen molar-refractivity contribution in [3.8, 4) is 0 Å². The molecule has 1 aliphatic rings. The minimum absolute atomic E-state index is 0.159. The number of para-hydroxylation sites is 1. The number of hydrogen-bond acceptors (Lipinski definition) is 3. The van der Waals surface area contributed by atoms with Gasteiger partial charge < -0.3 is 10.2 Å². The van der Waals surface area contributed by atoms with E-state index >= 15 is 0 Å². The fraction of sp³-hybridized carbons (Fsp3) is 0.0769. The number of nitroso groups, excluding NO2 is 1. The lowest BCUT2D eigenvalue weighted by Crippen LogP contribution is -2.17. The molecule has 2 rings (SSSR count). The molecule has 0 radical (unpaired) electrons. The Morgan fingerprint density at radius 1 is 1.21 bits per heavy atom. The third-order valence-electron chi connectivity index (χ3n) is 2.72. The van der Waals surface area contributed by atoms with Gasteiger partial charge in [-0.25, -0.2) is 9.59 Å². The van der Waals surface area contributed by atoms with E-state index in [9.17, 15) is 14.5 Å². The van der Waals surface area contributed by atoms with Gasteiger partial charge in [-0.15, -0.1) is 0 Å². The summed E-state index contributed by atoms with van der Waals surface area (Å²) in [5.41, 5.74) is 0.407. The van der Waals surface area contributed by atoms with Crippen molar-refractivity contribution < 1.29 is 24.6 Å². The highest BCUT2D eigenvalue weighted by molar-refractivity contribution is 5.98. The molecule has 0 spiro atoms. The van der Waals surface area contributed by atoms with Crippen LogP contribution in [0.4, 0.5) is 5.69 Å². The number of allylic oxidation sites excluding steroid dienone is 1. The van der Waals surface area contributed by atoms with E-state index < -0.39 is 17.5 Å². The molecule has 19 heavy (non-hydrogen) atoms. The Hall–Kier alpha value is -2.76. The highest BCUT2D eigenvalue weighted by Gasteiger charge is 2.34. The second-order valence-corrected chi connectivity index (χ2v) is 3.92. The zero-order valence-electron chi connectivity index (χ0n) is 9.74. The molecule has 0 unspecified atom stereocenters. The summed E-state index contributed by atoms with van der Waals surface area (Å²) in [6.07, 6.45) is 2.32. The van der Waals surface area contributed by atoms with Crippen molar-refractivity contribution in [2.45, 2.75) is 6.42 Å². The third kappa shape index (κ3) is 2.42. The number of nitrogens with zero attached hydrogens (tertiary/aromatic N) is 1. The van der Waals surface area contributed by atoms with Crippen LogP contribution < -0.4 is 0 Å². The van der Waals surface area contributed by atoms with Gasteiger partial charge in [-0.3, -0.25) is 0 Å². The fourth-order valence-corrected chi connectivity index (χ4v) is 1.89. The van der Waals surface area contributed by atoms with Gasteiger partial charge >= 0.3 is 11.9 Å². The second-order valence-electron chi connectivity index (χ2n) is 3.92. The normalized spacial score (nSPS) is 14.6. The Labute approximate surface area is 107 Å². The van der Waals surface area contributed by atoms with Crippen LogP contribution in [-0.2, 0) is 16.0 Å². The number of rotatable bonds is 3. The van der Waals surface area contributed by atoms with Crippen molar-refractivity contribution in [2.75, 3.05) is 0 Å². The summed E-state index contributed by atoms with van der Waals surface area (Å²) >= 11 is 0. The summed E-state index contributed by atoms with van der Waals surface area (Å²) in [7, 11) is 0. The first-order valence-electron chi connectivity index (χ1n) is 5.44. The lowest BCUT2D eigenvalue weighted by atomic mass is 10.0. The molecule has 6 heteroatoms. The summed E-state index contributed by atoms with van der Waals surface area (Å²) < 4.78 is 0.446. The zero-order valence-corrected chi connectivity index (χ0v) is 9.74. The Balaban J connectivity index is 2.48. The highest BCUT2D eigenvalue weighted by Crippen LogP contribution is 2.30. The van der Waals surface area contributed by atoms with Crippen LogP contribution in [-0.4, -0.2) is 26.9 Å². The van der Waals surface area contributed by atoms with E-state index in [1.54, 1.807) is 24.3 Å². The van der Waals surface area contributed by atoms with Crippen LogP contribution in [0.1, 0.15) is 5.56 Å². The maximum Gasteiger partial charge on any atom is 0.342 e. The van der Waals surface area contributed by atoms with Gasteiger partial charge in [0.05, 0.1) is 4.76 Å². The highest BCUT2D eigenvalue weighted by atomic mass is 16.4. The first kappa shape index (κ1) is 12.7. The molecule has 0 amide bonds. The lowest BCUT2D eigenvalue weighted by Gasteiger charge is -2.07. The number of aliphatic carboxylic acids is 2. The Bertz CT molecular complexity index is 642. The molecule has 0 atom stereocenters. The van der Waals surface area contributed by atoms with E-state index in [4.69, 9.17) is 10.2 Å². The van der Waals surface area contributed by atoms with Gasteiger partial charge in [0.25, 0.3) is 11.4 Å². The monoisotopic (exact) mass is 260 g/mol. The van der Waals surface area contributed by atoms with E-state index in [2.05, 4.69) is 0 Å². The van der Waals surface area contributed by atoms with E-state index in [0.717, 1.165) is 5.56 Å². The molecule has 0 saturated carbocycles. The zero-order chi connectivity index (χ0) is 14.0. The predicted molar refractivity (Wildman–Crippen MR) is 64.9 cm³/mol. The van der Waals surface area contributed by atoms with Crippen LogP contribution in [0.5, 0.6) is 0 Å². The SMILES string of the molecule is O=C(O)C=C(C(=O)O)C1=CCc2ccccc2[N+]1=O. The number of benzene rings is 1. The molecule has 0 aliphatic carbocycles. The van der Waals surface area contributed by atoms with Gasteiger partial charge in [-0.2, -0.15) is 0 Å². The van der Waals surface area contributed by atoms with Crippen molar-refractivity contribution in [1.82, 2.24) is 0 Å². The maximum atomic E-state index is 12.1. The van der Waals surface area contributed by atoms with Crippen LogP contribution in [0.2, 0.25) is 0 Å². The molecular weight excluding hydrogens is 250 g/mol. The van der Waals surface area contributed by atoms with Crippen molar-refractivity contribution in [2.24, 2.45) is 0 Å². The Morgan fingerprint density at radius 3 is 2.53 bits per heavy atom. The summed E-state index contributed by atoms with van der Waals surface area (Å²) in [4.78, 5) is 33.8. The molecular formula is C13H10NO5+. The van der Waals surface area contributed by atoms with Crippen molar-refractivity contribution in [3.05, 3.63) is 58.2 Å².